The lowest BCUT2D eigenvalue weighted by molar-refractivity contribution is -0.144. The van der Waals surface area contributed by atoms with Gasteiger partial charge >= 0.3 is 0 Å². The number of aryl methyl sites for hydroxylation is 1. The fourth-order valence-corrected chi connectivity index (χ4v) is 8.52. The van der Waals surface area contributed by atoms with E-state index in [1.165, 1.54) is 11.1 Å². The van der Waals surface area contributed by atoms with Gasteiger partial charge in [0.05, 0.1) is 17.5 Å². The number of anilines is 1. The van der Waals surface area contributed by atoms with Crippen LogP contribution in [0, 0.1) is 23.7 Å². The third kappa shape index (κ3) is 7.89. The topological polar surface area (TPSA) is 88.2 Å². The molecule has 8 atom stereocenters. The van der Waals surface area contributed by atoms with Crippen molar-refractivity contribution in [2.24, 2.45) is 23.7 Å². The Hall–Kier alpha value is -2.88. The number of hydrogen-bond donors (Lipinski definition) is 1. The van der Waals surface area contributed by atoms with Gasteiger partial charge in [-0.2, -0.15) is 0 Å². The Bertz CT molecular complexity index is 1500. The second-order valence-corrected chi connectivity index (χ2v) is 15.7. The highest BCUT2D eigenvalue weighted by atomic mass is 35.5. The summed E-state index contributed by atoms with van der Waals surface area (Å²) in [6, 6.07) is 11.7. The standard InChI is InChI=1S/C37H50ClN3O5S/c1-7-9-25-18-29(38)14-16-30(25)28-21-41-20-27-12-15-31(27)32(35(45-6)37(43)40(4)5)11-8-10-23(2)24(3)47(44)39-36(42)26-13-17-34(46-22-28)33(41)19-26/h8,11,13-14,16-19,23-24,27-28,31-32,35H,7,9-10,12,15,20-22H2,1-6H3,(H,39,42)/b11-8+. The van der Waals surface area contributed by atoms with E-state index in [9.17, 15) is 13.8 Å². The number of fused-ring (bicyclic) bond motifs is 2. The first-order valence-electron chi connectivity index (χ1n) is 16.9. The summed E-state index contributed by atoms with van der Waals surface area (Å²) in [6.07, 6.45) is 8.32. The van der Waals surface area contributed by atoms with Gasteiger partial charge in [0.2, 0.25) is 0 Å². The van der Waals surface area contributed by atoms with E-state index >= 15 is 0 Å². The maximum absolute atomic E-state index is 13.4. The van der Waals surface area contributed by atoms with Gasteiger partial charge in [-0.05, 0) is 91.8 Å². The molecule has 2 amide bonds. The van der Waals surface area contributed by atoms with Crippen molar-refractivity contribution in [2.75, 3.05) is 45.8 Å². The lowest BCUT2D eigenvalue weighted by Crippen LogP contribution is -2.49. The van der Waals surface area contributed by atoms with Gasteiger partial charge in [-0.3, -0.25) is 14.3 Å². The number of methoxy groups -OCH3 is 1. The zero-order chi connectivity index (χ0) is 33.8. The SMILES string of the molecule is CCCc1cc(Cl)ccc1C1COc2ccc3cc2N(C1)CC1CCC1C(C(OC)C(=O)N(C)C)/C=C/CC(C)C(C)S(=O)NC3=O. The predicted octanol–water partition coefficient (Wildman–Crippen LogP) is 6.40. The Labute approximate surface area is 287 Å². The van der Waals surface area contributed by atoms with Crippen LogP contribution in [-0.2, 0) is 26.9 Å². The van der Waals surface area contributed by atoms with Crippen molar-refractivity contribution in [2.45, 2.75) is 70.1 Å². The van der Waals surface area contributed by atoms with Crippen molar-refractivity contribution >= 4 is 40.1 Å². The molecule has 2 bridgehead atoms. The third-order valence-corrected chi connectivity index (χ3v) is 12.2. The number of ether oxygens (including phenoxy) is 2. The van der Waals surface area contributed by atoms with Crippen LogP contribution in [0.5, 0.6) is 5.75 Å². The molecular formula is C37H50ClN3O5S. The lowest BCUT2D eigenvalue weighted by Gasteiger charge is -2.46. The zero-order valence-corrected chi connectivity index (χ0v) is 30.1. The molecule has 0 saturated heterocycles. The van der Waals surface area contributed by atoms with E-state index in [-0.39, 0.29) is 40.7 Å². The summed E-state index contributed by atoms with van der Waals surface area (Å²) in [5.74, 6) is 0.880. The van der Waals surface area contributed by atoms with Crippen molar-refractivity contribution in [3.05, 3.63) is 70.3 Å². The number of rotatable bonds is 6. The molecular weight excluding hydrogens is 634 g/mol. The van der Waals surface area contributed by atoms with Crippen LogP contribution in [-0.4, -0.2) is 73.2 Å². The number of benzene rings is 2. The summed E-state index contributed by atoms with van der Waals surface area (Å²) < 4.78 is 28.5. The van der Waals surface area contributed by atoms with Gasteiger partial charge in [0, 0.05) is 56.7 Å². The van der Waals surface area contributed by atoms with E-state index < -0.39 is 17.1 Å². The molecule has 5 rings (SSSR count). The molecule has 47 heavy (non-hydrogen) atoms. The Morgan fingerprint density at radius 3 is 2.64 bits per heavy atom. The minimum absolute atomic E-state index is 0.0435. The monoisotopic (exact) mass is 683 g/mol. The minimum atomic E-state index is -1.58. The second kappa shape index (κ2) is 15.6. The molecule has 1 fully saturated rings. The molecule has 2 heterocycles. The highest BCUT2D eigenvalue weighted by Gasteiger charge is 2.43. The van der Waals surface area contributed by atoms with E-state index in [0.29, 0.717) is 31.1 Å². The molecule has 2 aliphatic heterocycles. The van der Waals surface area contributed by atoms with Crippen molar-refractivity contribution in [3.8, 4) is 5.75 Å². The molecule has 0 spiro atoms. The predicted molar refractivity (Wildman–Crippen MR) is 190 cm³/mol. The molecule has 3 aliphatic rings. The first-order chi connectivity index (χ1) is 22.5. The van der Waals surface area contributed by atoms with Crippen LogP contribution in [0.4, 0.5) is 5.69 Å². The molecule has 2 aromatic rings. The molecule has 1 aliphatic carbocycles. The summed E-state index contributed by atoms with van der Waals surface area (Å²) in [6.45, 7) is 8.06. The summed E-state index contributed by atoms with van der Waals surface area (Å²) in [7, 11) is 3.59. The summed E-state index contributed by atoms with van der Waals surface area (Å²) in [5.41, 5.74) is 3.77. The summed E-state index contributed by atoms with van der Waals surface area (Å²) in [5, 5.41) is 0.458. The molecule has 0 aromatic heterocycles. The Kier molecular flexibility index (Phi) is 11.7. The normalized spacial score (nSPS) is 29.3. The van der Waals surface area contributed by atoms with Crippen LogP contribution < -0.4 is 14.4 Å². The molecule has 10 heteroatoms. The van der Waals surface area contributed by atoms with E-state index in [1.54, 1.807) is 32.2 Å². The summed E-state index contributed by atoms with van der Waals surface area (Å²) in [4.78, 5) is 30.8. The molecule has 1 saturated carbocycles. The number of carbonyl (C=O) groups is 2. The average molecular weight is 684 g/mol. The van der Waals surface area contributed by atoms with Crippen molar-refractivity contribution in [1.82, 2.24) is 9.62 Å². The smallest absolute Gasteiger partial charge is 0.263 e. The number of likely N-dealkylation sites (N-methyl/N-ethyl adjacent to an activating group) is 1. The molecule has 8 unspecified atom stereocenters. The number of hydrogen-bond acceptors (Lipinski definition) is 6. The molecule has 8 nitrogen and oxygen atoms in total. The molecule has 2 aromatic carbocycles. The molecule has 1 N–H and O–H groups in total. The van der Waals surface area contributed by atoms with Crippen molar-refractivity contribution < 1.29 is 23.3 Å². The zero-order valence-electron chi connectivity index (χ0n) is 28.5. The van der Waals surface area contributed by atoms with Gasteiger partial charge in [-0.25, -0.2) is 4.21 Å². The number of halogens is 1. The maximum atomic E-state index is 13.4. The Balaban J connectivity index is 1.57. The second-order valence-electron chi connectivity index (χ2n) is 13.7. The van der Waals surface area contributed by atoms with Crippen LogP contribution in [0.25, 0.3) is 0 Å². The highest BCUT2D eigenvalue weighted by molar-refractivity contribution is 7.84. The number of amides is 2. The Morgan fingerprint density at radius 2 is 1.96 bits per heavy atom. The van der Waals surface area contributed by atoms with Crippen LogP contribution in [0.3, 0.4) is 0 Å². The fourth-order valence-electron chi connectivity index (χ4n) is 7.31. The average Bonchev–Trinajstić information content (AvgIpc) is 3.21. The number of nitrogens with one attached hydrogen (secondary N) is 1. The highest BCUT2D eigenvalue weighted by Crippen LogP contribution is 2.45. The van der Waals surface area contributed by atoms with E-state index in [1.807, 2.05) is 32.0 Å². The lowest BCUT2D eigenvalue weighted by atomic mass is 9.64. The van der Waals surface area contributed by atoms with Crippen LogP contribution in [0.15, 0.2) is 48.6 Å². The van der Waals surface area contributed by atoms with Crippen LogP contribution >= 0.6 is 11.6 Å². The van der Waals surface area contributed by atoms with E-state index in [4.69, 9.17) is 21.1 Å². The molecule has 256 valence electrons. The Morgan fingerprint density at radius 1 is 1.17 bits per heavy atom. The fraction of sp³-hybridized carbons (Fsp3) is 0.568. The number of carbonyl (C=O) groups excluding carboxylic acids is 2. The van der Waals surface area contributed by atoms with Crippen LogP contribution in [0.1, 0.15) is 73.9 Å². The van der Waals surface area contributed by atoms with Crippen LogP contribution in [0.2, 0.25) is 5.02 Å². The van der Waals surface area contributed by atoms with Gasteiger partial charge in [0.1, 0.15) is 22.8 Å². The van der Waals surface area contributed by atoms with Gasteiger partial charge < -0.3 is 19.3 Å². The van der Waals surface area contributed by atoms with Gasteiger partial charge in [0.25, 0.3) is 11.8 Å². The van der Waals surface area contributed by atoms with E-state index in [0.717, 1.165) is 48.7 Å². The maximum Gasteiger partial charge on any atom is 0.263 e. The first kappa shape index (κ1) is 35.4. The largest absolute Gasteiger partial charge is 0.491 e. The first-order valence-corrected chi connectivity index (χ1v) is 18.5. The van der Waals surface area contributed by atoms with Gasteiger partial charge in [-0.1, -0.05) is 50.1 Å². The third-order valence-electron chi connectivity index (χ3n) is 10.4. The van der Waals surface area contributed by atoms with Gasteiger partial charge in [0.15, 0.2) is 0 Å². The minimum Gasteiger partial charge on any atom is -0.491 e. The number of allylic oxidation sites excluding steroid dienone is 1. The van der Waals surface area contributed by atoms with Gasteiger partial charge in [-0.15, -0.1) is 0 Å². The number of nitrogens with zero attached hydrogens (tertiary/aromatic N) is 2. The quantitative estimate of drug-likeness (QED) is 0.355. The summed E-state index contributed by atoms with van der Waals surface area (Å²) >= 11 is 6.44. The van der Waals surface area contributed by atoms with Crippen molar-refractivity contribution in [1.29, 1.82) is 0 Å². The van der Waals surface area contributed by atoms with E-state index in [2.05, 4.69) is 40.8 Å². The van der Waals surface area contributed by atoms with Crippen molar-refractivity contribution in [3.63, 3.8) is 0 Å². The molecule has 0 radical (unpaired) electrons.